The summed E-state index contributed by atoms with van der Waals surface area (Å²) in [4.78, 5) is 4.22. The first-order chi connectivity index (χ1) is 9.28. The number of hydrogen-bond donors (Lipinski definition) is 1. The summed E-state index contributed by atoms with van der Waals surface area (Å²) in [6.45, 7) is 4.41. The fourth-order valence-corrected chi connectivity index (χ4v) is 2.14. The minimum absolute atomic E-state index is 0.525. The highest BCUT2D eigenvalue weighted by atomic mass is 79.9. The molecule has 0 saturated carbocycles. The Morgan fingerprint density at radius 3 is 2.89 bits per heavy atom. The van der Waals surface area contributed by atoms with Crippen LogP contribution in [-0.4, -0.2) is 11.5 Å². The Hall–Kier alpha value is -1.39. The van der Waals surface area contributed by atoms with E-state index in [1.807, 2.05) is 36.4 Å². The fourth-order valence-electron chi connectivity index (χ4n) is 1.69. The van der Waals surface area contributed by atoms with E-state index in [1.165, 1.54) is 5.56 Å². The minimum Gasteiger partial charge on any atom is -0.473 e. The van der Waals surface area contributed by atoms with Gasteiger partial charge in [-0.3, -0.25) is 0 Å². The lowest BCUT2D eigenvalue weighted by Crippen LogP contribution is -2.11. The first-order valence-corrected chi connectivity index (χ1v) is 7.10. The van der Waals surface area contributed by atoms with Crippen LogP contribution >= 0.6 is 15.9 Å². The molecule has 0 bridgehead atoms. The van der Waals surface area contributed by atoms with Crippen molar-refractivity contribution in [2.45, 2.75) is 20.1 Å². The summed E-state index contributed by atoms with van der Waals surface area (Å²) in [6, 6.07) is 12.0. The summed E-state index contributed by atoms with van der Waals surface area (Å²) < 4.78 is 6.77. The highest BCUT2D eigenvalue weighted by Crippen LogP contribution is 2.15. The molecular formula is C15H17BrN2O. The third kappa shape index (κ3) is 4.65. The van der Waals surface area contributed by atoms with Crippen molar-refractivity contribution in [1.82, 2.24) is 10.3 Å². The smallest absolute Gasteiger partial charge is 0.213 e. The van der Waals surface area contributed by atoms with Gasteiger partial charge in [0, 0.05) is 23.3 Å². The predicted molar refractivity (Wildman–Crippen MR) is 80.1 cm³/mol. The van der Waals surface area contributed by atoms with Crippen molar-refractivity contribution in [2.24, 2.45) is 0 Å². The Kier molecular flexibility index (Phi) is 5.36. The predicted octanol–water partition coefficient (Wildman–Crippen LogP) is 3.53. The molecule has 3 nitrogen and oxygen atoms in total. The van der Waals surface area contributed by atoms with Crippen LogP contribution in [0, 0.1) is 0 Å². The number of aromatic nitrogens is 1. The molecule has 0 spiro atoms. The molecule has 2 rings (SSSR count). The third-order valence-electron chi connectivity index (χ3n) is 2.65. The van der Waals surface area contributed by atoms with Crippen LogP contribution in [0.5, 0.6) is 5.88 Å². The molecule has 19 heavy (non-hydrogen) atoms. The summed E-state index contributed by atoms with van der Waals surface area (Å²) in [5, 5.41) is 3.28. The van der Waals surface area contributed by atoms with E-state index >= 15 is 0 Å². The van der Waals surface area contributed by atoms with E-state index in [4.69, 9.17) is 4.74 Å². The van der Waals surface area contributed by atoms with Crippen LogP contribution in [0.25, 0.3) is 0 Å². The van der Waals surface area contributed by atoms with E-state index in [-0.39, 0.29) is 0 Å². The maximum Gasteiger partial charge on any atom is 0.213 e. The zero-order valence-corrected chi connectivity index (χ0v) is 12.5. The van der Waals surface area contributed by atoms with Crippen LogP contribution < -0.4 is 10.1 Å². The van der Waals surface area contributed by atoms with Crippen LogP contribution in [0.1, 0.15) is 18.1 Å². The number of halogens is 1. The molecule has 2 aromatic rings. The first kappa shape index (κ1) is 14.0. The van der Waals surface area contributed by atoms with E-state index in [1.54, 1.807) is 6.20 Å². The van der Waals surface area contributed by atoms with Crippen molar-refractivity contribution in [2.75, 3.05) is 6.54 Å². The standard InChI is InChI=1S/C15H17BrN2O/c1-2-17-10-12-6-7-18-15(9-12)19-11-13-4-3-5-14(16)8-13/h3-9,17H,2,10-11H2,1H3. The molecule has 0 radical (unpaired) electrons. The highest BCUT2D eigenvalue weighted by Gasteiger charge is 2.00. The molecule has 100 valence electrons. The molecule has 0 amide bonds. The lowest BCUT2D eigenvalue weighted by molar-refractivity contribution is 0.293. The second-order valence-electron chi connectivity index (χ2n) is 4.20. The fraction of sp³-hybridized carbons (Fsp3) is 0.267. The van der Waals surface area contributed by atoms with Crippen molar-refractivity contribution in [1.29, 1.82) is 0 Å². The summed E-state index contributed by atoms with van der Waals surface area (Å²) >= 11 is 3.45. The SMILES string of the molecule is CCNCc1ccnc(OCc2cccc(Br)c2)c1. The van der Waals surface area contributed by atoms with Gasteiger partial charge >= 0.3 is 0 Å². The Bertz CT molecular complexity index is 531. The number of pyridine rings is 1. The monoisotopic (exact) mass is 320 g/mol. The number of nitrogens with zero attached hydrogens (tertiary/aromatic N) is 1. The second kappa shape index (κ2) is 7.26. The molecule has 1 heterocycles. The average Bonchev–Trinajstić information content (AvgIpc) is 2.43. The van der Waals surface area contributed by atoms with Gasteiger partial charge in [-0.2, -0.15) is 0 Å². The van der Waals surface area contributed by atoms with Crippen LogP contribution in [0.4, 0.5) is 0 Å². The minimum atomic E-state index is 0.525. The molecule has 0 aliphatic carbocycles. The van der Waals surface area contributed by atoms with E-state index in [0.29, 0.717) is 12.5 Å². The van der Waals surface area contributed by atoms with E-state index in [0.717, 1.165) is 23.1 Å². The number of rotatable bonds is 6. The molecule has 1 aromatic carbocycles. The van der Waals surface area contributed by atoms with Gasteiger partial charge in [-0.05, 0) is 35.9 Å². The highest BCUT2D eigenvalue weighted by molar-refractivity contribution is 9.10. The molecular weight excluding hydrogens is 304 g/mol. The second-order valence-corrected chi connectivity index (χ2v) is 5.12. The van der Waals surface area contributed by atoms with Crippen molar-refractivity contribution < 1.29 is 4.74 Å². The van der Waals surface area contributed by atoms with Gasteiger partial charge in [0.15, 0.2) is 0 Å². The van der Waals surface area contributed by atoms with Gasteiger partial charge in [-0.1, -0.05) is 35.0 Å². The van der Waals surface area contributed by atoms with Crippen molar-refractivity contribution in [3.63, 3.8) is 0 Å². The summed E-state index contributed by atoms with van der Waals surface area (Å²) in [7, 11) is 0. The third-order valence-corrected chi connectivity index (χ3v) is 3.15. The summed E-state index contributed by atoms with van der Waals surface area (Å²) in [5.74, 6) is 0.662. The van der Waals surface area contributed by atoms with E-state index < -0.39 is 0 Å². The van der Waals surface area contributed by atoms with Gasteiger partial charge in [0.05, 0.1) is 0 Å². The number of benzene rings is 1. The Labute approximate surface area is 122 Å². The van der Waals surface area contributed by atoms with E-state index in [9.17, 15) is 0 Å². The maximum atomic E-state index is 5.71. The van der Waals surface area contributed by atoms with Crippen molar-refractivity contribution >= 4 is 15.9 Å². The average molecular weight is 321 g/mol. The van der Waals surface area contributed by atoms with Gasteiger partial charge in [-0.15, -0.1) is 0 Å². The van der Waals surface area contributed by atoms with Crippen LogP contribution in [0.15, 0.2) is 47.1 Å². The number of hydrogen-bond acceptors (Lipinski definition) is 3. The molecule has 0 unspecified atom stereocenters. The normalized spacial score (nSPS) is 10.4. The van der Waals surface area contributed by atoms with Crippen LogP contribution in [-0.2, 0) is 13.2 Å². The van der Waals surface area contributed by atoms with Gasteiger partial charge in [0.2, 0.25) is 5.88 Å². The zero-order valence-electron chi connectivity index (χ0n) is 10.9. The lowest BCUT2D eigenvalue weighted by Gasteiger charge is -2.07. The molecule has 0 saturated heterocycles. The van der Waals surface area contributed by atoms with Gasteiger partial charge in [0.25, 0.3) is 0 Å². The molecule has 0 aliphatic heterocycles. The molecule has 1 aromatic heterocycles. The molecule has 0 aliphatic rings. The van der Waals surface area contributed by atoms with Gasteiger partial charge in [-0.25, -0.2) is 4.98 Å². The summed E-state index contributed by atoms with van der Waals surface area (Å²) in [6.07, 6.45) is 1.78. The van der Waals surface area contributed by atoms with Crippen molar-refractivity contribution in [3.8, 4) is 5.88 Å². The van der Waals surface area contributed by atoms with E-state index in [2.05, 4.69) is 33.2 Å². The largest absolute Gasteiger partial charge is 0.473 e. The van der Waals surface area contributed by atoms with Gasteiger partial charge in [0.1, 0.15) is 6.61 Å². The topological polar surface area (TPSA) is 34.2 Å². The molecule has 0 atom stereocenters. The van der Waals surface area contributed by atoms with Gasteiger partial charge < -0.3 is 10.1 Å². The van der Waals surface area contributed by atoms with Crippen molar-refractivity contribution in [3.05, 3.63) is 58.2 Å². The first-order valence-electron chi connectivity index (χ1n) is 6.31. The number of ether oxygens (including phenoxy) is 1. The Morgan fingerprint density at radius 1 is 1.21 bits per heavy atom. The zero-order chi connectivity index (χ0) is 13.5. The molecule has 0 fully saturated rings. The Balaban J connectivity index is 1.95. The van der Waals surface area contributed by atoms with Crippen LogP contribution in [0.3, 0.4) is 0 Å². The lowest BCUT2D eigenvalue weighted by atomic mass is 10.2. The molecule has 1 N–H and O–H groups in total. The van der Waals surface area contributed by atoms with Crippen LogP contribution in [0.2, 0.25) is 0 Å². The quantitative estimate of drug-likeness (QED) is 0.884. The summed E-state index contributed by atoms with van der Waals surface area (Å²) in [5.41, 5.74) is 2.30. The maximum absolute atomic E-state index is 5.71. The molecule has 4 heteroatoms. The Morgan fingerprint density at radius 2 is 2.11 bits per heavy atom. The number of nitrogens with one attached hydrogen (secondary N) is 1.